The van der Waals surface area contributed by atoms with E-state index in [1.165, 1.54) is 18.5 Å². The summed E-state index contributed by atoms with van der Waals surface area (Å²) in [6, 6.07) is 9.39. The zero-order valence-electron chi connectivity index (χ0n) is 18.8. The number of aliphatic imine (C=N–C) groups is 1. The Morgan fingerprint density at radius 3 is 2.67 bits per heavy atom. The number of benzene rings is 1. The second-order valence-corrected chi connectivity index (χ2v) is 7.61. The number of halogens is 4. The molecule has 2 heterocycles. The fourth-order valence-corrected chi connectivity index (χ4v) is 3.51. The van der Waals surface area contributed by atoms with Gasteiger partial charge in [-0.1, -0.05) is 12.1 Å². The molecule has 33 heavy (non-hydrogen) atoms. The zero-order chi connectivity index (χ0) is 23.0. The number of anilines is 2. The van der Waals surface area contributed by atoms with E-state index in [4.69, 9.17) is 0 Å². The summed E-state index contributed by atoms with van der Waals surface area (Å²) in [7, 11) is 0. The predicted octanol–water partition coefficient (Wildman–Crippen LogP) is 4.44. The summed E-state index contributed by atoms with van der Waals surface area (Å²) in [5, 5.41) is 9.38. The third-order valence-electron chi connectivity index (χ3n) is 5.15. The minimum Gasteiger partial charge on any atom is -0.372 e. The maximum absolute atomic E-state index is 12.8. The molecule has 1 unspecified atom stereocenters. The molecule has 1 fully saturated rings. The van der Waals surface area contributed by atoms with Gasteiger partial charge in [0, 0.05) is 38.1 Å². The Morgan fingerprint density at radius 2 is 1.97 bits per heavy atom. The summed E-state index contributed by atoms with van der Waals surface area (Å²) in [6.07, 6.45) is -0.948. The fourth-order valence-electron chi connectivity index (χ4n) is 3.51. The molecule has 3 N–H and O–H groups in total. The van der Waals surface area contributed by atoms with Gasteiger partial charge in [0.1, 0.15) is 5.69 Å². The molecule has 1 aromatic heterocycles. The maximum Gasteiger partial charge on any atom is 0.433 e. The van der Waals surface area contributed by atoms with Gasteiger partial charge >= 0.3 is 6.18 Å². The van der Waals surface area contributed by atoms with E-state index < -0.39 is 11.9 Å². The molecule has 0 bridgehead atoms. The van der Waals surface area contributed by atoms with Crippen LogP contribution in [0.2, 0.25) is 0 Å². The van der Waals surface area contributed by atoms with Crippen LogP contribution in [0.25, 0.3) is 0 Å². The normalized spacial score (nSPS) is 15.1. The first-order valence-corrected chi connectivity index (χ1v) is 10.9. The van der Waals surface area contributed by atoms with Crippen molar-refractivity contribution in [1.82, 2.24) is 20.6 Å². The third-order valence-corrected chi connectivity index (χ3v) is 5.15. The van der Waals surface area contributed by atoms with Gasteiger partial charge in [0.2, 0.25) is 5.95 Å². The second kappa shape index (κ2) is 12.8. The molecule has 1 aliphatic heterocycles. The van der Waals surface area contributed by atoms with Crippen LogP contribution in [-0.2, 0) is 6.18 Å². The zero-order valence-corrected chi connectivity index (χ0v) is 21.2. The van der Waals surface area contributed by atoms with Crippen molar-refractivity contribution in [3.8, 4) is 0 Å². The highest BCUT2D eigenvalue weighted by molar-refractivity contribution is 14.0. The summed E-state index contributed by atoms with van der Waals surface area (Å²) in [5.74, 6) is 0.568. The standard InChI is InChI=1S/C22H30F3N7.HI/c1-3-26-20(28-11-12-29-21-27-10-9-19(31-21)22(23,24)25)30-16(2)17-7-6-8-18(15-17)32-13-4-5-14-32;/h6-10,15-16H,3-5,11-14H2,1-2H3,(H2,26,28,30)(H,27,29,31);1H. The molecule has 182 valence electrons. The van der Waals surface area contributed by atoms with Crippen molar-refractivity contribution in [2.24, 2.45) is 4.99 Å². The molecule has 0 amide bonds. The van der Waals surface area contributed by atoms with Crippen LogP contribution in [0.4, 0.5) is 24.8 Å². The van der Waals surface area contributed by atoms with Crippen molar-refractivity contribution < 1.29 is 13.2 Å². The first-order valence-electron chi connectivity index (χ1n) is 10.9. The van der Waals surface area contributed by atoms with Gasteiger partial charge in [0.15, 0.2) is 5.96 Å². The number of alkyl halides is 3. The number of nitrogens with one attached hydrogen (secondary N) is 3. The number of aromatic nitrogens is 2. The minimum atomic E-state index is -4.50. The predicted molar refractivity (Wildman–Crippen MR) is 136 cm³/mol. The van der Waals surface area contributed by atoms with Gasteiger partial charge in [-0.25, -0.2) is 9.97 Å². The lowest BCUT2D eigenvalue weighted by molar-refractivity contribution is -0.141. The monoisotopic (exact) mass is 577 g/mol. The quantitative estimate of drug-likeness (QED) is 0.187. The van der Waals surface area contributed by atoms with Crippen molar-refractivity contribution in [1.29, 1.82) is 0 Å². The summed E-state index contributed by atoms with van der Waals surface area (Å²) < 4.78 is 38.3. The highest BCUT2D eigenvalue weighted by Crippen LogP contribution is 2.27. The van der Waals surface area contributed by atoms with Crippen LogP contribution in [0.3, 0.4) is 0 Å². The molecular weight excluding hydrogens is 546 g/mol. The van der Waals surface area contributed by atoms with Crippen LogP contribution in [0.1, 0.15) is 44.0 Å². The molecule has 0 spiro atoms. The van der Waals surface area contributed by atoms with E-state index in [1.807, 2.05) is 6.92 Å². The molecule has 7 nitrogen and oxygen atoms in total. The topological polar surface area (TPSA) is 77.5 Å². The molecule has 1 aromatic carbocycles. The molecule has 0 radical (unpaired) electrons. The molecular formula is C22H31F3IN7. The lowest BCUT2D eigenvalue weighted by Gasteiger charge is -2.22. The number of nitrogens with zero attached hydrogens (tertiary/aromatic N) is 4. The van der Waals surface area contributed by atoms with E-state index in [0.29, 0.717) is 25.6 Å². The second-order valence-electron chi connectivity index (χ2n) is 7.61. The Labute approximate surface area is 209 Å². The Balaban J connectivity index is 0.00000385. The van der Waals surface area contributed by atoms with Crippen molar-refractivity contribution in [2.75, 3.05) is 42.9 Å². The van der Waals surface area contributed by atoms with Crippen molar-refractivity contribution in [2.45, 2.75) is 38.9 Å². The Kier molecular flexibility index (Phi) is 10.5. The van der Waals surface area contributed by atoms with E-state index in [1.54, 1.807) is 0 Å². The van der Waals surface area contributed by atoms with Gasteiger partial charge in [-0.05, 0) is 50.5 Å². The van der Waals surface area contributed by atoms with Crippen molar-refractivity contribution in [3.63, 3.8) is 0 Å². The van der Waals surface area contributed by atoms with E-state index >= 15 is 0 Å². The number of rotatable bonds is 8. The number of guanidine groups is 1. The first kappa shape index (κ1) is 26.9. The summed E-state index contributed by atoms with van der Waals surface area (Å²) in [5.41, 5.74) is 1.43. The van der Waals surface area contributed by atoms with Gasteiger partial charge in [-0.15, -0.1) is 24.0 Å². The smallest absolute Gasteiger partial charge is 0.372 e. The highest BCUT2D eigenvalue weighted by atomic mass is 127. The largest absolute Gasteiger partial charge is 0.433 e. The molecule has 1 aliphatic rings. The SMILES string of the molecule is CCNC(=NCCNc1nccc(C(F)(F)F)n1)NC(C)c1cccc(N2CCCC2)c1.I. The van der Waals surface area contributed by atoms with Crippen LogP contribution in [-0.4, -0.2) is 48.7 Å². The molecule has 1 atom stereocenters. The Hall–Kier alpha value is -2.31. The van der Waals surface area contributed by atoms with Crippen LogP contribution in [0.15, 0.2) is 41.5 Å². The number of hydrogen-bond donors (Lipinski definition) is 3. The van der Waals surface area contributed by atoms with Gasteiger partial charge in [0.05, 0.1) is 12.6 Å². The van der Waals surface area contributed by atoms with Gasteiger partial charge in [-0.2, -0.15) is 13.2 Å². The summed E-state index contributed by atoms with van der Waals surface area (Å²) >= 11 is 0. The lowest BCUT2D eigenvalue weighted by atomic mass is 10.1. The minimum absolute atomic E-state index is 0. The fraction of sp³-hybridized carbons (Fsp3) is 0.500. The molecule has 3 rings (SSSR count). The highest BCUT2D eigenvalue weighted by Gasteiger charge is 2.32. The van der Waals surface area contributed by atoms with E-state index in [0.717, 1.165) is 30.9 Å². The van der Waals surface area contributed by atoms with Crippen molar-refractivity contribution in [3.05, 3.63) is 47.8 Å². The average molecular weight is 577 g/mol. The number of hydrogen-bond acceptors (Lipinski definition) is 5. The molecule has 2 aromatic rings. The van der Waals surface area contributed by atoms with Crippen LogP contribution in [0.5, 0.6) is 0 Å². The molecule has 11 heteroatoms. The van der Waals surface area contributed by atoms with Crippen molar-refractivity contribution >= 4 is 41.6 Å². The lowest BCUT2D eigenvalue weighted by Crippen LogP contribution is -2.39. The van der Waals surface area contributed by atoms with Gasteiger partial charge in [-0.3, -0.25) is 4.99 Å². The molecule has 1 saturated heterocycles. The molecule has 0 saturated carbocycles. The van der Waals surface area contributed by atoms with E-state index in [2.05, 4.69) is 67.0 Å². The maximum atomic E-state index is 12.8. The van der Waals surface area contributed by atoms with Gasteiger partial charge in [0.25, 0.3) is 0 Å². The van der Waals surface area contributed by atoms with Crippen LogP contribution >= 0.6 is 24.0 Å². The third kappa shape index (κ3) is 8.20. The Morgan fingerprint density at radius 1 is 1.21 bits per heavy atom. The van der Waals surface area contributed by atoms with Crippen LogP contribution in [0, 0.1) is 0 Å². The van der Waals surface area contributed by atoms with Gasteiger partial charge < -0.3 is 20.9 Å². The Bertz CT molecular complexity index is 902. The average Bonchev–Trinajstić information content (AvgIpc) is 3.31. The first-order chi connectivity index (χ1) is 15.4. The molecule has 0 aliphatic carbocycles. The van der Waals surface area contributed by atoms with E-state index in [9.17, 15) is 13.2 Å². The summed E-state index contributed by atoms with van der Waals surface area (Å²) in [6.45, 7) is 7.58. The van der Waals surface area contributed by atoms with E-state index in [-0.39, 0.29) is 36.0 Å². The summed E-state index contributed by atoms with van der Waals surface area (Å²) in [4.78, 5) is 14.2. The van der Waals surface area contributed by atoms with Crippen LogP contribution < -0.4 is 20.9 Å².